The third kappa shape index (κ3) is 1.30. The molecule has 0 spiro atoms. The van der Waals surface area contributed by atoms with Gasteiger partial charge in [-0.3, -0.25) is 0 Å². The van der Waals surface area contributed by atoms with Gasteiger partial charge >= 0.3 is 0 Å². The predicted octanol–water partition coefficient (Wildman–Crippen LogP) is -0.435. The summed E-state index contributed by atoms with van der Waals surface area (Å²) >= 11 is 0. The molecule has 3 heterocycles. The first-order valence-corrected chi connectivity index (χ1v) is 4.86. The van der Waals surface area contributed by atoms with Crippen molar-refractivity contribution in [3.8, 4) is 0 Å². The molecule has 6 heteroatoms. The van der Waals surface area contributed by atoms with E-state index in [1.54, 1.807) is 10.7 Å². The summed E-state index contributed by atoms with van der Waals surface area (Å²) in [4.78, 5) is 0. The molecule has 2 atom stereocenters. The van der Waals surface area contributed by atoms with Crippen LogP contribution in [0.3, 0.4) is 0 Å². The topological polar surface area (TPSA) is 78.3 Å². The van der Waals surface area contributed by atoms with Gasteiger partial charge in [-0.05, 0) is 12.1 Å². The Balaban J connectivity index is 2.10. The molecule has 0 amide bonds. The van der Waals surface area contributed by atoms with Gasteiger partial charge in [0.2, 0.25) is 0 Å². The molecule has 0 aliphatic carbocycles. The first-order valence-electron chi connectivity index (χ1n) is 4.86. The van der Waals surface area contributed by atoms with Gasteiger partial charge in [-0.2, -0.15) is 9.61 Å². The number of ether oxygens (including phenoxy) is 1. The maximum atomic E-state index is 5.93. The third-order valence-corrected chi connectivity index (χ3v) is 2.66. The van der Waals surface area contributed by atoms with E-state index in [1.165, 1.54) is 0 Å². The molecule has 0 aromatic carbocycles. The van der Waals surface area contributed by atoms with Gasteiger partial charge in [-0.25, -0.2) is 0 Å². The van der Waals surface area contributed by atoms with Crippen LogP contribution in [0, 0.1) is 0 Å². The molecule has 1 saturated heterocycles. The molecule has 3 rings (SSSR count). The minimum absolute atomic E-state index is 0.0144. The number of rotatable bonds is 1. The minimum Gasteiger partial charge on any atom is -0.379 e. The van der Waals surface area contributed by atoms with Crippen molar-refractivity contribution in [2.24, 2.45) is 5.73 Å². The Morgan fingerprint density at radius 3 is 3.13 bits per heavy atom. The molecule has 2 aromatic rings. The van der Waals surface area contributed by atoms with E-state index < -0.39 is 0 Å². The van der Waals surface area contributed by atoms with Crippen molar-refractivity contribution < 1.29 is 4.74 Å². The van der Waals surface area contributed by atoms with Gasteiger partial charge in [0.05, 0.1) is 19.1 Å². The van der Waals surface area contributed by atoms with Gasteiger partial charge in [0.15, 0.2) is 11.5 Å². The van der Waals surface area contributed by atoms with Crippen LogP contribution in [0.15, 0.2) is 18.3 Å². The molecular weight excluding hydrogens is 194 g/mol. The van der Waals surface area contributed by atoms with Crippen LogP contribution in [0.1, 0.15) is 11.7 Å². The number of aromatic nitrogens is 4. The summed E-state index contributed by atoms with van der Waals surface area (Å²) in [6.45, 7) is 1.17. The summed E-state index contributed by atoms with van der Waals surface area (Å²) in [6.07, 6.45) is 1.71. The molecular formula is C9H11N5O. The standard InChI is InChI=1S/C9H11N5O/c10-7-5-15-4-6(7)9-13-12-8-2-1-3-11-14(8)9/h1-3,6-7H,4-5,10H2. The zero-order valence-electron chi connectivity index (χ0n) is 8.08. The first kappa shape index (κ1) is 8.75. The van der Waals surface area contributed by atoms with Crippen LogP contribution in [-0.4, -0.2) is 39.1 Å². The summed E-state index contributed by atoms with van der Waals surface area (Å²) in [6, 6.07) is 3.68. The first-order chi connectivity index (χ1) is 7.36. The summed E-state index contributed by atoms with van der Waals surface area (Å²) in [5.74, 6) is 0.880. The third-order valence-electron chi connectivity index (χ3n) is 2.66. The maximum absolute atomic E-state index is 5.93. The van der Waals surface area contributed by atoms with Gasteiger partial charge in [-0.1, -0.05) is 0 Å². The van der Waals surface area contributed by atoms with E-state index in [1.807, 2.05) is 12.1 Å². The Hall–Kier alpha value is -1.53. The molecule has 2 N–H and O–H groups in total. The lowest BCUT2D eigenvalue weighted by Crippen LogP contribution is -2.28. The molecule has 0 saturated carbocycles. The highest BCUT2D eigenvalue weighted by molar-refractivity contribution is 5.35. The summed E-state index contributed by atoms with van der Waals surface area (Å²) in [5, 5.41) is 12.4. The Morgan fingerprint density at radius 1 is 1.40 bits per heavy atom. The highest BCUT2D eigenvalue weighted by Crippen LogP contribution is 2.22. The molecule has 2 aromatic heterocycles. The van der Waals surface area contributed by atoms with Crippen molar-refractivity contribution in [2.45, 2.75) is 12.0 Å². The maximum Gasteiger partial charge on any atom is 0.177 e. The van der Waals surface area contributed by atoms with Crippen molar-refractivity contribution in [2.75, 3.05) is 13.2 Å². The molecule has 1 fully saturated rings. The molecule has 6 nitrogen and oxygen atoms in total. The lowest BCUT2D eigenvalue weighted by atomic mass is 10.0. The second kappa shape index (κ2) is 3.25. The molecule has 1 aliphatic heterocycles. The van der Waals surface area contributed by atoms with Crippen molar-refractivity contribution >= 4 is 5.65 Å². The quantitative estimate of drug-likeness (QED) is 0.683. The smallest absolute Gasteiger partial charge is 0.177 e. The second-order valence-electron chi connectivity index (χ2n) is 3.66. The Kier molecular flexibility index (Phi) is 1.90. The fraction of sp³-hybridized carbons (Fsp3) is 0.444. The number of hydrogen-bond donors (Lipinski definition) is 1. The molecule has 1 aliphatic rings. The van der Waals surface area contributed by atoms with Crippen molar-refractivity contribution in [3.05, 3.63) is 24.2 Å². The Bertz CT molecular complexity index is 482. The number of nitrogens with two attached hydrogens (primary N) is 1. The van der Waals surface area contributed by atoms with Crippen LogP contribution >= 0.6 is 0 Å². The van der Waals surface area contributed by atoms with Crippen LogP contribution in [0.25, 0.3) is 5.65 Å². The lowest BCUT2D eigenvalue weighted by Gasteiger charge is -2.09. The zero-order valence-corrected chi connectivity index (χ0v) is 8.08. The van der Waals surface area contributed by atoms with Crippen molar-refractivity contribution in [1.82, 2.24) is 19.8 Å². The Morgan fingerprint density at radius 2 is 2.33 bits per heavy atom. The van der Waals surface area contributed by atoms with Crippen molar-refractivity contribution in [3.63, 3.8) is 0 Å². The predicted molar refractivity (Wildman–Crippen MR) is 52.3 cm³/mol. The van der Waals surface area contributed by atoms with Gasteiger partial charge in [0.25, 0.3) is 0 Å². The summed E-state index contributed by atoms with van der Waals surface area (Å²) < 4.78 is 7.03. The Labute approximate surface area is 86.1 Å². The largest absolute Gasteiger partial charge is 0.379 e. The van der Waals surface area contributed by atoms with E-state index in [0.29, 0.717) is 13.2 Å². The number of hydrogen-bond acceptors (Lipinski definition) is 5. The molecule has 0 radical (unpaired) electrons. The highest BCUT2D eigenvalue weighted by Gasteiger charge is 2.30. The fourth-order valence-corrected chi connectivity index (χ4v) is 1.83. The van der Waals surface area contributed by atoms with E-state index in [9.17, 15) is 0 Å². The SMILES string of the molecule is NC1COCC1c1nnc2cccnn12. The normalized spacial score (nSPS) is 26.2. The van der Waals surface area contributed by atoms with E-state index in [2.05, 4.69) is 15.3 Å². The molecule has 0 bridgehead atoms. The van der Waals surface area contributed by atoms with Gasteiger partial charge in [-0.15, -0.1) is 10.2 Å². The van der Waals surface area contributed by atoms with Crippen molar-refractivity contribution in [1.29, 1.82) is 0 Å². The second-order valence-corrected chi connectivity index (χ2v) is 3.66. The van der Waals surface area contributed by atoms with Crippen LogP contribution in [0.5, 0.6) is 0 Å². The number of fused-ring (bicyclic) bond motifs is 1. The minimum atomic E-state index is -0.0144. The van der Waals surface area contributed by atoms with Gasteiger partial charge in [0, 0.05) is 12.2 Å². The van der Waals surface area contributed by atoms with E-state index >= 15 is 0 Å². The van der Waals surface area contributed by atoms with Crippen LogP contribution in [0.4, 0.5) is 0 Å². The van der Waals surface area contributed by atoms with Crippen LogP contribution in [0.2, 0.25) is 0 Å². The number of nitrogens with zero attached hydrogens (tertiary/aromatic N) is 4. The van der Waals surface area contributed by atoms with E-state index in [0.717, 1.165) is 11.5 Å². The van der Waals surface area contributed by atoms with Gasteiger partial charge in [0.1, 0.15) is 0 Å². The molecule has 78 valence electrons. The van der Waals surface area contributed by atoms with Gasteiger partial charge < -0.3 is 10.5 Å². The van der Waals surface area contributed by atoms with Crippen LogP contribution < -0.4 is 5.73 Å². The molecule has 15 heavy (non-hydrogen) atoms. The monoisotopic (exact) mass is 205 g/mol. The van der Waals surface area contributed by atoms with E-state index in [-0.39, 0.29) is 12.0 Å². The fourth-order valence-electron chi connectivity index (χ4n) is 1.83. The lowest BCUT2D eigenvalue weighted by molar-refractivity contribution is 0.190. The van der Waals surface area contributed by atoms with E-state index in [4.69, 9.17) is 10.5 Å². The summed E-state index contributed by atoms with van der Waals surface area (Å²) in [7, 11) is 0. The zero-order chi connectivity index (χ0) is 10.3. The highest BCUT2D eigenvalue weighted by atomic mass is 16.5. The average molecular weight is 205 g/mol. The van der Waals surface area contributed by atoms with Crippen LogP contribution in [-0.2, 0) is 4.74 Å². The molecule has 2 unspecified atom stereocenters. The average Bonchev–Trinajstić information content (AvgIpc) is 2.83. The summed E-state index contributed by atoms with van der Waals surface area (Å²) in [5.41, 5.74) is 6.67.